The van der Waals surface area contributed by atoms with Gasteiger partial charge in [-0.1, -0.05) is 29.8 Å². The van der Waals surface area contributed by atoms with E-state index in [1.54, 1.807) is 0 Å². The van der Waals surface area contributed by atoms with Crippen molar-refractivity contribution in [3.05, 3.63) is 58.6 Å². The van der Waals surface area contributed by atoms with E-state index in [9.17, 15) is 4.79 Å². The molecular weight excluding hydrogens is 326 g/mol. The zero-order valence-electron chi connectivity index (χ0n) is 13.4. The van der Waals surface area contributed by atoms with Crippen molar-refractivity contribution < 1.29 is 14.3 Å². The maximum Gasteiger partial charge on any atom is 0.220 e. The molecule has 0 fully saturated rings. The number of hydrogen-bond acceptors (Lipinski definition) is 3. The second kappa shape index (κ2) is 8.06. The predicted molar refractivity (Wildman–Crippen MR) is 93.9 cm³/mol. The van der Waals surface area contributed by atoms with E-state index >= 15 is 0 Å². The summed E-state index contributed by atoms with van der Waals surface area (Å²) in [5.74, 6) is 1.60. The molecule has 0 aliphatic carbocycles. The van der Waals surface area contributed by atoms with E-state index in [0.29, 0.717) is 32.6 Å². The molecule has 3 rings (SSSR count). The van der Waals surface area contributed by atoms with Crippen molar-refractivity contribution in [2.45, 2.75) is 19.3 Å². The summed E-state index contributed by atoms with van der Waals surface area (Å²) in [5, 5.41) is 3.67. The molecule has 4 nitrogen and oxygen atoms in total. The monoisotopic (exact) mass is 345 g/mol. The SMILES string of the molecule is O=C(CCc1ccc2c(c1)OCCO2)NCCc1ccc(Cl)cc1. The molecular formula is C19H20ClNO3. The van der Waals surface area contributed by atoms with Crippen molar-refractivity contribution in [2.75, 3.05) is 19.8 Å². The van der Waals surface area contributed by atoms with Gasteiger partial charge in [0.25, 0.3) is 0 Å². The molecule has 0 atom stereocenters. The number of ether oxygens (including phenoxy) is 2. The second-order valence-electron chi connectivity index (χ2n) is 5.70. The fourth-order valence-corrected chi connectivity index (χ4v) is 2.71. The summed E-state index contributed by atoms with van der Waals surface area (Å²) in [5.41, 5.74) is 2.23. The summed E-state index contributed by atoms with van der Waals surface area (Å²) in [7, 11) is 0. The molecule has 0 aromatic heterocycles. The largest absolute Gasteiger partial charge is 0.486 e. The Balaban J connectivity index is 1.41. The Morgan fingerprint density at radius 2 is 1.67 bits per heavy atom. The van der Waals surface area contributed by atoms with Crippen LogP contribution in [0, 0.1) is 0 Å². The Morgan fingerprint density at radius 1 is 0.958 bits per heavy atom. The van der Waals surface area contributed by atoms with Crippen LogP contribution < -0.4 is 14.8 Å². The summed E-state index contributed by atoms with van der Waals surface area (Å²) in [6.45, 7) is 1.78. The average Bonchev–Trinajstić information content (AvgIpc) is 2.61. The Hall–Kier alpha value is -2.20. The van der Waals surface area contributed by atoms with Crippen molar-refractivity contribution in [1.29, 1.82) is 0 Å². The lowest BCUT2D eigenvalue weighted by Crippen LogP contribution is -2.25. The van der Waals surface area contributed by atoms with Gasteiger partial charge in [-0.05, 0) is 48.2 Å². The highest BCUT2D eigenvalue weighted by Gasteiger charge is 2.12. The van der Waals surface area contributed by atoms with Gasteiger partial charge in [0, 0.05) is 18.0 Å². The molecule has 0 radical (unpaired) electrons. The van der Waals surface area contributed by atoms with Crippen molar-refractivity contribution in [3.63, 3.8) is 0 Å². The summed E-state index contributed by atoms with van der Waals surface area (Å²) in [6, 6.07) is 13.5. The third-order valence-corrected chi connectivity index (χ3v) is 4.15. The Kier molecular flexibility index (Phi) is 5.59. The minimum atomic E-state index is 0.0545. The minimum absolute atomic E-state index is 0.0545. The number of carbonyl (C=O) groups is 1. The van der Waals surface area contributed by atoms with Gasteiger partial charge in [-0.2, -0.15) is 0 Å². The number of fused-ring (bicyclic) bond motifs is 1. The number of nitrogens with one attached hydrogen (secondary N) is 1. The molecule has 1 N–H and O–H groups in total. The number of benzene rings is 2. The van der Waals surface area contributed by atoms with Gasteiger partial charge in [-0.3, -0.25) is 4.79 Å². The lowest BCUT2D eigenvalue weighted by atomic mass is 10.1. The first-order chi connectivity index (χ1) is 11.7. The van der Waals surface area contributed by atoms with E-state index in [1.807, 2.05) is 42.5 Å². The predicted octanol–water partition coefficient (Wildman–Crippen LogP) is 3.40. The molecule has 24 heavy (non-hydrogen) atoms. The maximum absolute atomic E-state index is 12.0. The van der Waals surface area contributed by atoms with E-state index in [4.69, 9.17) is 21.1 Å². The fraction of sp³-hybridized carbons (Fsp3) is 0.316. The van der Waals surface area contributed by atoms with Crippen molar-refractivity contribution in [2.24, 2.45) is 0 Å². The van der Waals surface area contributed by atoms with Crippen LogP contribution in [0.25, 0.3) is 0 Å². The van der Waals surface area contributed by atoms with Gasteiger partial charge in [-0.15, -0.1) is 0 Å². The second-order valence-corrected chi connectivity index (χ2v) is 6.14. The van der Waals surface area contributed by atoms with E-state index in [1.165, 1.54) is 0 Å². The highest BCUT2D eigenvalue weighted by atomic mass is 35.5. The molecule has 2 aromatic carbocycles. The summed E-state index contributed by atoms with van der Waals surface area (Å²) < 4.78 is 11.1. The normalized spacial score (nSPS) is 12.7. The van der Waals surface area contributed by atoms with Gasteiger partial charge in [0.05, 0.1) is 0 Å². The van der Waals surface area contributed by atoms with Gasteiger partial charge in [0.1, 0.15) is 13.2 Å². The number of carbonyl (C=O) groups excluding carboxylic acids is 1. The number of aryl methyl sites for hydroxylation is 1. The van der Waals surface area contributed by atoms with Crippen LogP contribution >= 0.6 is 11.6 Å². The first-order valence-corrected chi connectivity index (χ1v) is 8.48. The van der Waals surface area contributed by atoms with E-state index in [0.717, 1.165) is 34.1 Å². The average molecular weight is 346 g/mol. The van der Waals surface area contributed by atoms with E-state index in [2.05, 4.69) is 5.32 Å². The highest BCUT2D eigenvalue weighted by molar-refractivity contribution is 6.30. The Bertz CT molecular complexity index is 700. The standard InChI is InChI=1S/C19H20ClNO3/c20-16-5-1-14(2-6-16)9-10-21-19(22)8-4-15-3-7-17-18(13-15)24-12-11-23-17/h1-3,5-7,13H,4,8-12H2,(H,21,22). The molecule has 0 spiro atoms. The third-order valence-electron chi connectivity index (χ3n) is 3.90. The summed E-state index contributed by atoms with van der Waals surface area (Å²) >= 11 is 5.85. The van der Waals surface area contributed by atoms with Crippen molar-refractivity contribution >= 4 is 17.5 Å². The van der Waals surface area contributed by atoms with Gasteiger partial charge >= 0.3 is 0 Å². The van der Waals surface area contributed by atoms with Crippen LogP contribution in [-0.4, -0.2) is 25.7 Å². The van der Waals surface area contributed by atoms with Gasteiger partial charge in [-0.25, -0.2) is 0 Å². The van der Waals surface area contributed by atoms with Gasteiger partial charge in [0.2, 0.25) is 5.91 Å². The molecule has 1 amide bonds. The van der Waals surface area contributed by atoms with Gasteiger partial charge in [0.15, 0.2) is 11.5 Å². The molecule has 0 bridgehead atoms. The molecule has 0 unspecified atom stereocenters. The van der Waals surface area contributed by atoms with Crippen molar-refractivity contribution in [1.82, 2.24) is 5.32 Å². The zero-order chi connectivity index (χ0) is 16.8. The molecule has 1 aliphatic heterocycles. The number of hydrogen-bond donors (Lipinski definition) is 1. The van der Waals surface area contributed by atoms with Crippen LogP contribution in [0.1, 0.15) is 17.5 Å². The quantitative estimate of drug-likeness (QED) is 0.872. The molecule has 126 valence electrons. The molecule has 0 saturated heterocycles. The zero-order valence-corrected chi connectivity index (χ0v) is 14.1. The lowest BCUT2D eigenvalue weighted by molar-refractivity contribution is -0.121. The smallest absolute Gasteiger partial charge is 0.220 e. The Labute approximate surface area is 146 Å². The van der Waals surface area contributed by atoms with Crippen LogP contribution in [0.4, 0.5) is 0 Å². The van der Waals surface area contributed by atoms with Crippen LogP contribution in [-0.2, 0) is 17.6 Å². The minimum Gasteiger partial charge on any atom is -0.486 e. The van der Waals surface area contributed by atoms with Crippen molar-refractivity contribution in [3.8, 4) is 11.5 Å². The first kappa shape index (κ1) is 16.7. The highest BCUT2D eigenvalue weighted by Crippen LogP contribution is 2.31. The maximum atomic E-state index is 12.0. The molecule has 0 saturated carbocycles. The summed E-state index contributed by atoms with van der Waals surface area (Å²) in [4.78, 5) is 12.0. The van der Waals surface area contributed by atoms with E-state index in [-0.39, 0.29) is 5.91 Å². The summed E-state index contributed by atoms with van der Waals surface area (Å²) in [6.07, 6.45) is 1.94. The Morgan fingerprint density at radius 3 is 2.46 bits per heavy atom. The van der Waals surface area contributed by atoms with E-state index < -0.39 is 0 Å². The van der Waals surface area contributed by atoms with Crippen LogP contribution in [0.2, 0.25) is 5.02 Å². The number of rotatable bonds is 6. The van der Waals surface area contributed by atoms with Gasteiger partial charge < -0.3 is 14.8 Å². The molecule has 1 heterocycles. The van der Waals surface area contributed by atoms with Crippen LogP contribution in [0.15, 0.2) is 42.5 Å². The fourth-order valence-electron chi connectivity index (χ4n) is 2.59. The molecule has 2 aromatic rings. The lowest BCUT2D eigenvalue weighted by Gasteiger charge is -2.18. The van der Waals surface area contributed by atoms with Crippen LogP contribution in [0.5, 0.6) is 11.5 Å². The number of halogens is 1. The third kappa shape index (κ3) is 4.65. The van der Waals surface area contributed by atoms with Crippen LogP contribution in [0.3, 0.4) is 0 Å². The topological polar surface area (TPSA) is 47.6 Å². The number of amides is 1. The molecule has 5 heteroatoms. The molecule has 1 aliphatic rings. The first-order valence-electron chi connectivity index (χ1n) is 8.10.